The van der Waals surface area contributed by atoms with E-state index in [9.17, 15) is 13.2 Å². The van der Waals surface area contributed by atoms with Gasteiger partial charge in [-0.3, -0.25) is 0 Å². The van der Waals surface area contributed by atoms with Gasteiger partial charge in [-0.2, -0.15) is 0 Å². The number of carbonyl (C=O) groups excluding carboxylic acids is 1. The zero-order valence-corrected chi connectivity index (χ0v) is 10.9. The van der Waals surface area contributed by atoms with Crippen molar-refractivity contribution in [2.45, 2.75) is 4.90 Å². The lowest BCUT2D eigenvalue weighted by atomic mass is 10.3. The van der Waals surface area contributed by atoms with Crippen molar-refractivity contribution in [3.05, 3.63) is 16.4 Å². The summed E-state index contributed by atoms with van der Waals surface area (Å²) in [7, 11) is -2.26. The molecule has 0 atom stereocenters. The third-order valence-corrected chi connectivity index (χ3v) is 3.73. The molecule has 0 amide bonds. The van der Waals surface area contributed by atoms with Gasteiger partial charge in [0.05, 0.1) is 12.8 Å². The van der Waals surface area contributed by atoms with Crippen LogP contribution in [0.2, 0.25) is 0 Å². The van der Waals surface area contributed by atoms with Gasteiger partial charge in [-0.05, 0) is 22.0 Å². The highest BCUT2D eigenvalue weighted by atomic mass is 79.9. The number of rotatable bonds is 2. The molecule has 1 rings (SSSR count). The van der Waals surface area contributed by atoms with Crippen molar-refractivity contribution < 1.29 is 17.9 Å². The fraction of sp³-hybridized carbons (Fsp3) is 0.250. The molecule has 0 bridgehead atoms. The Kier molecular flexibility index (Phi) is 3.54. The van der Waals surface area contributed by atoms with Crippen LogP contribution >= 0.6 is 15.9 Å². The van der Waals surface area contributed by atoms with Gasteiger partial charge in [0.25, 0.3) is 0 Å². The molecular weight excluding hydrogens is 300 g/mol. The maximum Gasteiger partial charge on any atom is 0.358 e. The van der Waals surface area contributed by atoms with E-state index < -0.39 is 15.8 Å². The van der Waals surface area contributed by atoms with Crippen LogP contribution in [0, 0.1) is 0 Å². The third-order valence-electron chi connectivity index (χ3n) is 1.75. The van der Waals surface area contributed by atoms with Crippen molar-refractivity contribution in [1.29, 1.82) is 0 Å². The van der Waals surface area contributed by atoms with Gasteiger partial charge >= 0.3 is 5.97 Å². The van der Waals surface area contributed by atoms with E-state index in [1.807, 2.05) is 0 Å². The maximum absolute atomic E-state index is 11.3. The first-order chi connectivity index (χ1) is 7.27. The number of esters is 1. The molecule has 0 aliphatic carbocycles. The van der Waals surface area contributed by atoms with E-state index in [1.165, 1.54) is 13.2 Å². The van der Waals surface area contributed by atoms with E-state index >= 15 is 0 Å². The van der Waals surface area contributed by atoms with Gasteiger partial charge in [0, 0.05) is 6.26 Å². The highest BCUT2D eigenvalue weighted by molar-refractivity contribution is 9.10. The van der Waals surface area contributed by atoms with E-state index in [4.69, 9.17) is 5.73 Å². The van der Waals surface area contributed by atoms with Gasteiger partial charge in [0.15, 0.2) is 15.5 Å². The topological polar surface area (TPSA) is 99.3 Å². The number of hydrogen-bond donors (Lipinski definition) is 1. The number of nitrogen functional groups attached to an aromatic ring is 1. The zero-order valence-electron chi connectivity index (χ0n) is 8.52. The number of hydrogen-bond acceptors (Lipinski definition) is 6. The molecule has 8 heteroatoms. The van der Waals surface area contributed by atoms with E-state index in [0.717, 1.165) is 6.26 Å². The molecule has 88 valence electrons. The highest BCUT2D eigenvalue weighted by Gasteiger charge is 2.20. The van der Waals surface area contributed by atoms with E-state index in [2.05, 4.69) is 25.7 Å². The smallest absolute Gasteiger partial charge is 0.358 e. The van der Waals surface area contributed by atoms with Gasteiger partial charge in [-0.1, -0.05) is 0 Å². The monoisotopic (exact) mass is 308 g/mol. The Morgan fingerprint density at radius 3 is 2.56 bits per heavy atom. The van der Waals surface area contributed by atoms with Crippen LogP contribution in [0.5, 0.6) is 0 Å². The number of halogens is 1. The summed E-state index contributed by atoms with van der Waals surface area (Å²) in [6.45, 7) is 0. The number of aromatic nitrogens is 1. The first-order valence-electron chi connectivity index (χ1n) is 4.01. The Morgan fingerprint density at radius 1 is 1.56 bits per heavy atom. The van der Waals surface area contributed by atoms with Gasteiger partial charge in [-0.15, -0.1) is 0 Å². The Balaban J connectivity index is 3.45. The minimum atomic E-state index is -3.45. The molecule has 2 N–H and O–H groups in total. The fourth-order valence-electron chi connectivity index (χ4n) is 1.01. The highest BCUT2D eigenvalue weighted by Crippen LogP contribution is 2.24. The lowest BCUT2D eigenvalue weighted by molar-refractivity contribution is 0.0595. The summed E-state index contributed by atoms with van der Waals surface area (Å²) in [4.78, 5) is 14.9. The second-order valence-corrected chi connectivity index (χ2v) is 5.71. The van der Waals surface area contributed by atoms with Crippen LogP contribution in [-0.4, -0.2) is 32.7 Å². The summed E-state index contributed by atoms with van der Waals surface area (Å²) in [5, 5.41) is 0. The predicted molar refractivity (Wildman–Crippen MR) is 60.8 cm³/mol. The molecule has 0 radical (unpaired) electrons. The molecule has 6 nitrogen and oxygen atoms in total. The predicted octanol–water partition coefficient (Wildman–Crippen LogP) is 0.616. The first kappa shape index (κ1) is 12.9. The average molecular weight is 309 g/mol. The minimum absolute atomic E-state index is 0.0320. The molecule has 0 saturated carbocycles. The molecular formula is C8H9BrN2O4S. The lowest BCUT2D eigenvalue weighted by Crippen LogP contribution is -2.11. The number of methoxy groups -OCH3 is 1. The first-order valence-corrected chi connectivity index (χ1v) is 6.70. The van der Waals surface area contributed by atoms with Gasteiger partial charge in [0.1, 0.15) is 9.50 Å². The number of anilines is 1. The fourth-order valence-corrected chi connectivity index (χ4v) is 2.87. The molecule has 1 heterocycles. The molecule has 0 unspecified atom stereocenters. The van der Waals surface area contributed by atoms with Crippen molar-refractivity contribution in [2.75, 3.05) is 19.1 Å². The Hall–Kier alpha value is -1.15. The van der Waals surface area contributed by atoms with Crippen LogP contribution in [0.15, 0.2) is 15.6 Å². The van der Waals surface area contributed by atoms with Crippen LogP contribution < -0.4 is 5.73 Å². The van der Waals surface area contributed by atoms with E-state index in [-0.39, 0.29) is 20.9 Å². The number of sulfone groups is 1. The van der Waals surface area contributed by atoms with Crippen LogP contribution in [0.3, 0.4) is 0 Å². The molecule has 0 aromatic carbocycles. The number of ether oxygens (including phenoxy) is 1. The molecule has 0 fully saturated rings. The lowest BCUT2D eigenvalue weighted by Gasteiger charge is -2.07. The summed E-state index contributed by atoms with van der Waals surface area (Å²) in [6, 6.07) is 1.17. The van der Waals surface area contributed by atoms with Crippen LogP contribution in [-0.2, 0) is 14.6 Å². The quantitative estimate of drug-likeness (QED) is 0.635. The van der Waals surface area contributed by atoms with E-state index in [1.54, 1.807) is 0 Å². The van der Waals surface area contributed by atoms with Gasteiger partial charge in [-0.25, -0.2) is 18.2 Å². The molecule has 0 saturated heterocycles. The van der Waals surface area contributed by atoms with Crippen molar-refractivity contribution in [1.82, 2.24) is 4.98 Å². The Morgan fingerprint density at radius 2 is 2.12 bits per heavy atom. The second-order valence-electron chi connectivity index (χ2n) is 2.98. The van der Waals surface area contributed by atoms with Gasteiger partial charge in [0.2, 0.25) is 0 Å². The molecule has 0 aliphatic heterocycles. The van der Waals surface area contributed by atoms with Crippen molar-refractivity contribution >= 4 is 37.4 Å². The zero-order chi connectivity index (χ0) is 12.5. The van der Waals surface area contributed by atoms with Crippen LogP contribution in [0.4, 0.5) is 5.69 Å². The van der Waals surface area contributed by atoms with Crippen LogP contribution in [0.25, 0.3) is 0 Å². The van der Waals surface area contributed by atoms with Crippen LogP contribution in [0.1, 0.15) is 10.5 Å². The standard InChI is InChI=1S/C8H9BrN2O4S/c1-15-8(12)6-4(10)3-5(7(9)11-6)16(2,13)14/h3H,10H2,1-2H3. The van der Waals surface area contributed by atoms with Gasteiger partial charge < -0.3 is 10.5 Å². The number of carbonyl (C=O) groups is 1. The largest absolute Gasteiger partial charge is 0.464 e. The van der Waals surface area contributed by atoms with Crippen molar-refractivity contribution in [3.8, 4) is 0 Å². The number of pyridine rings is 1. The molecule has 16 heavy (non-hydrogen) atoms. The van der Waals surface area contributed by atoms with Crippen molar-refractivity contribution in [3.63, 3.8) is 0 Å². The SMILES string of the molecule is COC(=O)c1nc(Br)c(S(C)(=O)=O)cc1N. The molecule has 1 aromatic heterocycles. The summed E-state index contributed by atoms with van der Waals surface area (Å²) in [6.07, 6.45) is 1.02. The Bertz CT molecular complexity index is 541. The summed E-state index contributed by atoms with van der Waals surface area (Å²) in [5.41, 5.74) is 5.35. The third kappa shape index (κ3) is 2.50. The maximum atomic E-state index is 11.3. The average Bonchev–Trinajstić information content (AvgIpc) is 2.18. The molecule has 1 aromatic rings. The van der Waals surface area contributed by atoms with E-state index in [0.29, 0.717) is 0 Å². The molecule has 0 spiro atoms. The second kappa shape index (κ2) is 4.38. The van der Waals surface area contributed by atoms with Crippen molar-refractivity contribution in [2.24, 2.45) is 0 Å². The molecule has 0 aliphatic rings. The minimum Gasteiger partial charge on any atom is -0.464 e. The Labute approximate surface area is 101 Å². The number of nitrogens with zero attached hydrogens (tertiary/aromatic N) is 1. The summed E-state index contributed by atoms with van der Waals surface area (Å²) >= 11 is 2.96. The normalized spacial score (nSPS) is 11.2. The summed E-state index contributed by atoms with van der Waals surface area (Å²) in [5.74, 6) is -0.724. The number of nitrogens with two attached hydrogens (primary N) is 1. The summed E-state index contributed by atoms with van der Waals surface area (Å²) < 4.78 is 27.1.